The fraction of sp³-hybridized carbons (Fsp3) is 0.667. The van der Waals surface area contributed by atoms with E-state index >= 15 is 0 Å². The SMILES string of the molecule is CCCCC1(c2ccccc2)CCCCC12OCCO2. The van der Waals surface area contributed by atoms with E-state index in [1.54, 1.807) is 0 Å². The number of hydrogen-bond donors (Lipinski definition) is 0. The normalized spacial score (nSPS) is 28.9. The minimum atomic E-state index is -0.359. The molecule has 1 heterocycles. The first-order valence-electron chi connectivity index (χ1n) is 8.16. The zero-order chi connectivity index (χ0) is 13.9. The minimum absolute atomic E-state index is 0.0546. The first-order chi connectivity index (χ1) is 9.83. The second kappa shape index (κ2) is 5.87. The van der Waals surface area contributed by atoms with Gasteiger partial charge in [-0.2, -0.15) is 0 Å². The predicted molar refractivity (Wildman–Crippen MR) is 80.7 cm³/mol. The third-order valence-corrected chi connectivity index (χ3v) is 5.13. The van der Waals surface area contributed by atoms with E-state index in [0.29, 0.717) is 0 Å². The van der Waals surface area contributed by atoms with E-state index in [1.165, 1.54) is 44.1 Å². The van der Waals surface area contributed by atoms with Crippen LogP contribution in [-0.2, 0) is 14.9 Å². The summed E-state index contributed by atoms with van der Waals surface area (Å²) in [6.07, 6.45) is 8.39. The van der Waals surface area contributed by atoms with Crippen LogP contribution in [0.2, 0.25) is 0 Å². The van der Waals surface area contributed by atoms with E-state index in [1.807, 2.05) is 0 Å². The van der Waals surface area contributed by atoms with Gasteiger partial charge < -0.3 is 9.47 Å². The molecule has 0 N–H and O–H groups in total. The summed E-state index contributed by atoms with van der Waals surface area (Å²) in [4.78, 5) is 0. The van der Waals surface area contributed by atoms with Crippen LogP contribution in [0.15, 0.2) is 30.3 Å². The number of ether oxygens (including phenoxy) is 2. The van der Waals surface area contributed by atoms with E-state index < -0.39 is 0 Å². The third-order valence-electron chi connectivity index (χ3n) is 5.13. The summed E-state index contributed by atoms with van der Waals surface area (Å²) < 4.78 is 12.5. The van der Waals surface area contributed by atoms with Crippen molar-refractivity contribution in [2.24, 2.45) is 0 Å². The Hall–Kier alpha value is -0.860. The first-order valence-corrected chi connectivity index (χ1v) is 8.16. The largest absolute Gasteiger partial charge is 0.347 e. The van der Waals surface area contributed by atoms with Crippen LogP contribution in [0, 0.1) is 0 Å². The molecule has 0 aromatic heterocycles. The van der Waals surface area contributed by atoms with Crippen molar-refractivity contribution < 1.29 is 9.47 Å². The number of rotatable bonds is 4. The van der Waals surface area contributed by atoms with Crippen molar-refractivity contribution in [1.82, 2.24) is 0 Å². The quantitative estimate of drug-likeness (QED) is 0.808. The zero-order valence-corrected chi connectivity index (χ0v) is 12.6. The van der Waals surface area contributed by atoms with Gasteiger partial charge >= 0.3 is 0 Å². The van der Waals surface area contributed by atoms with Crippen LogP contribution < -0.4 is 0 Å². The summed E-state index contributed by atoms with van der Waals surface area (Å²) in [6, 6.07) is 10.9. The van der Waals surface area contributed by atoms with Gasteiger partial charge in [-0.15, -0.1) is 0 Å². The molecule has 1 atom stereocenters. The molecule has 1 saturated carbocycles. The summed E-state index contributed by atoms with van der Waals surface area (Å²) in [6.45, 7) is 3.77. The molecular formula is C18H26O2. The van der Waals surface area contributed by atoms with E-state index in [4.69, 9.17) is 9.47 Å². The highest BCUT2D eigenvalue weighted by molar-refractivity contribution is 5.30. The van der Waals surface area contributed by atoms with Gasteiger partial charge in [0, 0.05) is 11.8 Å². The highest BCUT2D eigenvalue weighted by atomic mass is 16.7. The maximum absolute atomic E-state index is 6.23. The fourth-order valence-corrected chi connectivity index (χ4v) is 4.15. The Morgan fingerprint density at radius 3 is 2.40 bits per heavy atom. The zero-order valence-electron chi connectivity index (χ0n) is 12.6. The molecular weight excluding hydrogens is 248 g/mol. The molecule has 3 rings (SSSR count). The summed E-state index contributed by atoms with van der Waals surface area (Å²) >= 11 is 0. The van der Waals surface area contributed by atoms with Crippen molar-refractivity contribution >= 4 is 0 Å². The molecule has 110 valence electrons. The van der Waals surface area contributed by atoms with Crippen LogP contribution in [0.4, 0.5) is 0 Å². The molecule has 20 heavy (non-hydrogen) atoms. The predicted octanol–water partition coefficient (Wildman–Crippen LogP) is 4.43. The van der Waals surface area contributed by atoms with Gasteiger partial charge in [-0.25, -0.2) is 0 Å². The summed E-state index contributed by atoms with van der Waals surface area (Å²) in [5.41, 5.74) is 1.47. The van der Waals surface area contributed by atoms with Crippen LogP contribution >= 0.6 is 0 Å². The maximum atomic E-state index is 6.23. The Labute approximate surface area is 122 Å². The lowest BCUT2D eigenvalue weighted by Gasteiger charge is -2.50. The smallest absolute Gasteiger partial charge is 0.178 e. The number of unbranched alkanes of at least 4 members (excludes halogenated alkanes) is 1. The molecule has 1 aliphatic heterocycles. The lowest BCUT2D eigenvalue weighted by Crippen LogP contribution is -2.54. The molecule has 1 saturated heterocycles. The molecule has 2 aliphatic rings. The average Bonchev–Trinajstić information content (AvgIpc) is 2.97. The van der Waals surface area contributed by atoms with Crippen molar-refractivity contribution in [3.63, 3.8) is 0 Å². The molecule has 2 nitrogen and oxygen atoms in total. The van der Waals surface area contributed by atoms with Gasteiger partial charge in [-0.1, -0.05) is 56.5 Å². The number of hydrogen-bond acceptors (Lipinski definition) is 2. The van der Waals surface area contributed by atoms with E-state index in [0.717, 1.165) is 19.6 Å². The highest BCUT2D eigenvalue weighted by Gasteiger charge is 2.57. The van der Waals surface area contributed by atoms with Crippen molar-refractivity contribution in [3.8, 4) is 0 Å². The van der Waals surface area contributed by atoms with Gasteiger partial charge in [0.15, 0.2) is 5.79 Å². The van der Waals surface area contributed by atoms with Gasteiger partial charge in [0.2, 0.25) is 0 Å². The molecule has 1 aliphatic carbocycles. The second-order valence-corrected chi connectivity index (χ2v) is 6.21. The summed E-state index contributed by atoms with van der Waals surface area (Å²) in [7, 11) is 0. The maximum Gasteiger partial charge on any atom is 0.178 e. The van der Waals surface area contributed by atoms with Gasteiger partial charge in [0.25, 0.3) is 0 Å². The lowest BCUT2D eigenvalue weighted by atomic mass is 9.62. The Kier molecular flexibility index (Phi) is 4.13. The molecule has 0 radical (unpaired) electrons. The van der Waals surface area contributed by atoms with Crippen LogP contribution in [0.3, 0.4) is 0 Å². The summed E-state index contributed by atoms with van der Waals surface area (Å²) in [5, 5.41) is 0. The fourth-order valence-electron chi connectivity index (χ4n) is 4.15. The Morgan fingerprint density at radius 2 is 1.70 bits per heavy atom. The van der Waals surface area contributed by atoms with E-state index in [2.05, 4.69) is 37.3 Å². The molecule has 0 amide bonds. The molecule has 1 aromatic carbocycles. The Balaban J connectivity index is 2.03. The molecule has 2 fully saturated rings. The highest BCUT2D eigenvalue weighted by Crippen LogP contribution is 2.53. The standard InChI is InChI=1S/C18H26O2/c1-2-3-11-17(16-9-5-4-6-10-16)12-7-8-13-18(17)19-14-15-20-18/h4-6,9-10H,2-3,7-8,11-15H2,1H3. The van der Waals surface area contributed by atoms with Crippen LogP contribution in [0.25, 0.3) is 0 Å². The monoisotopic (exact) mass is 274 g/mol. The lowest BCUT2D eigenvalue weighted by molar-refractivity contribution is -0.229. The van der Waals surface area contributed by atoms with Gasteiger partial charge in [0.05, 0.1) is 13.2 Å². The summed E-state index contributed by atoms with van der Waals surface area (Å²) in [5.74, 6) is -0.359. The molecule has 2 heteroatoms. The van der Waals surface area contributed by atoms with Gasteiger partial charge in [-0.05, 0) is 24.8 Å². The van der Waals surface area contributed by atoms with Crippen LogP contribution in [-0.4, -0.2) is 19.0 Å². The van der Waals surface area contributed by atoms with Crippen LogP contribution in [0.5, 0.6) is 0 Å². The van der Waals surface area contributed by atoms with E-state index in [9.17, 15) is 0 Å². The molecule has 1 aromatic rings. The molecule has 1 spiro atoms. The Morgan fingerprint density at radius 1 is 1.00 bits per heavy atom. The third kappa shape index (κ3) is 2.19. The molecule has 0 bridgehead atoms. The number of benzene rings is 1. The minimum Gasteiger partial charge on any atom is -0.347 e. The van der Waals surface area contributed by atoms with Crippen molar-refractivity contribution in [3.05, 3.63) is 35.9 Å². The topological polar surface area (TPSA) is 18.5 Å². The average molecular weight is 274 g/mol. The Bertz CT molecular complexity index is 422. The van der Waals surface area contributed by atoms with Crippen LogP contribution in [0.1, 0.15) is 57.4 Å². The van der Waals surface area contributed by atoms with Crippen molar-refractivity contribution in [2.75, 3.05) is 13.2 Å². The second-order valence-electron chi connectivity index (χ2n) is 6.21. The van der Waals surface area contributed by atoms with E-state index in [-0.39, 0.29) is 11.2 Å². The van der Waals surface area contributed by atoms with Crippen molar-refractivity contribution in [2.45, 2.75) is 63.1 Å². The first kappa shape index (κ1) is 14.1. The van der Waals surface area contributed by atoms with Gasteiger partial charge in [0.1, 0.15) is 0 Å². The van der Waals surface area contributed by atoms with Gasteiger partial charge in [-0.3, -0.25) is 0 Å². The van der Waals surface area contributed by atoms with Crippen molar-refractivity contribution in [1.29, 1.82) is 0 Å². The molecule has 1 unspecified atom stereocenters.